The highest BCUT2D eigenvalue weighted by Gasteiger charge is 2.13. The third kappa shape index (κ3) is 4.02. The molecule has 1 atom stereocenters. The minimum absolute atomic E-state index is 0.313. The molecule has 1 fully saturated rings. The molecule has 0 bridgehead atoms. The van der Waals surface area contributed by atoms with E-state index in [1.54, 1.807) is 0 Å². The zero-order valence-electron chi connectivity index (χ0n) is 8.16. The molecule has 4 heteroatoms. The molecule has 1 heterocycles. The number of nitrogens with two attached hydrogens (primary N) is 1. The maximum absolute atomic E-state index is 5.57. The molecule has 0 radical (unpaired) electrons. The highest BCUT2D eigenvalue weighted by atomic mass is 32.1. The topological polar surface area (TPSA) is 38.5 Å². The van der Waals surface area contributed by atoms with Gasteiger partial charge in [0.15, 0.2) is 0 Å². The summed E-state index contributed by atoms with van der Waals surface area (Å²) in [5.74, 6) is 0.313. The normalized spacial score (nSPS) is 22.2. The maximum Gasteiger partial charge on any atom is 0.0768 e. The summed E-state index contributed by atoms with van der Waals surface area (Å²) in [4.78, 5) is 2.99. The van der Waals surface area contributed by atoms with Gasteiger partial charge < -0.3 is 15.4 Å². The molecule has 0 amide bonds. The van der Waals surface area contributed by atoms with E-state index in [1.807, 2.05) is 0 Å². The first-order valence-electron chi connectivity index (χ1n) is 4.79. The molecule has 0 aromatic heterocycles. The molecule has 0 aliphatic carbocycles. The fourth-order valence-electron chi connectivity index (χ4n) is 1.46. The van der Waals surface area contributed by atoms with Crippen molar-refractivity contribution in [3.63, 3.8) is 0 Å². The number of ether oxygens (including phenoxy) is 1. The van der Waals surface area contributed by atoms with Gasteiger partial charge in [-0.15, -0.1) is 0 Å². The SMILES string of the molecule is CC(CN1CCCOCC1)C(N)=S. The van der Waals surface area contributed by atoms with Crippen molar-refractivity contribution in [1.82, 2.24) is 4.90 Å². The second kappa shape index (κ2) is 5.52. The fourth-order valence-corrected chi connectivity index (χ4v) is 1.53. The summed E-state index contributed by atoms with van der Waals surface area (Å²) in [5, 5.41) is 0. The summed E-state index contributed by atoms with van der Waals surface area (Å²) < 4.78 is 5.36. The third-order valence-corrected chi connectivity index (χ3v) is 2.74. The van der Waals surface area contributed by atoms with Gasteiger partial charge in [-0.2, -0.15) is 0 Å². The second-order valence-electron chi connectivity index (χ2n) is 3.57. The van der Waals surface area contributed by atoms with Crippen molar-refractivity contribution in [2.24, 2.45) is 11.7 Å². The van der Waals surface area contributed by atoms with E-state index in [0.29, 0.717) is 10.9 Å². The fraction of sp³-hybridized carbons (Fsp3) is 0.889. The van der Waals surface area contributed by atoms with Crippen molar-refractivity contribution in [1.29, 1.82) is 0 Å². The van der Waals surface area contributed by atoms with Gasteiger partial charge in [0, 0.05) is 32.2 Å². The summed E-state index contributed by atoms with van der Waals surface area (Å²) >= 11 is 4.94. The standard InChI is InChI=1S/C9H18N2OS/c1-8(9(10)13)7-11-3-2-5-12-6-4-11/h8H,2-7H2,1H3,(H2,10,13). The van der Waals surface area contributed by atoms with Gasteiger partial charge in [0.2, 0.25) is 0 Å². The Bertz CT molecular complexity index is 167. The van der Waals surface area contributed by atoms with Crippen LogP contribution in [-0.2, 0) is 4.74 Å². The Balaban J connectivity index is 2.29. The first-order chi connectivity index (χ1) is 6.20. The Kier molecular flexibility index (Phi) is 4.62. The number of thiocarbonyl (C=S) groups is 1. The van der Waals surface area contributed by atoms with Gasteiger partial charge in [0.25, 0.3) is 0 Å². The van der Waals surface area contributed by atoms with Crippen molar-refractivity contribution >= 4 is 17.2 Å². The summed E-state index contributed by atoms with van der Waals surface area (Å²) in [6, 6.07) is 0. The van der Waals surface area contributed by atoms with Gasteiger partial charge in [-0.05, 0) is 6.42 Å². The summed E-state index contributed by atoms with van der Waals surface area (Å²) in [6.07, 6.45) is 1.12. The van der Waals surface area contributed by atoms with E-state index in [-0.39, 0.29) is 0 Å². The van der Waals surface area contributed by atoms with E-state index < -0.39 is 0 Å². The molecule has 0 aromatic rings. The van der Waals surface area contributed by atoms with Gasteiger partial charge in [-0.3, -0.25) is 0 Å². The molecule has 3 nitrogen and oxygen atoms in total. The van der Waals surface area contributed by atoms with Crippen molar-refractivity contribution in [2.45, 2.75) is 13.3 Å². The predicted octanol–water partition coefficient (Wildman–Crippen LogP) is 0.631. The molecule has 0 spiro atoms. The Morgan fingerprint density at radius 2 is 2.31 bits per heavy atom. The van der Waals surface area contributed by atoms with Crippen LogP contribution in [0.15, 0.2) is 0 Å². The number of hydrogen-bond donors (Lipinski definition) is 1. The lowest BCUT2D eigenvalue weighted by atomic mass is 10.1. The lowest BCUT2D eigenvalue weighted by molar-refractivity contribution is 0.140. The van der Waals surface area contributed by atoms with Gasteiger partial charge >= 0.3 is 0 Å². The quantitative estimate of drug-likeness (QED) is 0.681. The molecule has 1 unspecified atom stereocenters. The molecule has 1 aliphatic heterocycles. The van der Waals surface area contributed by atoms with Gasteiger partial charge in [0.1, 0.15) is 0 Å². The van der Waals surface area contributed by atoms with Crippen LogP contribution in [0.2, 0.25) is 0 Å². The van der Waals surface area contributed by atoms with Gasteiger partial charge in [0.05, 0.1) is 11.6 Å². The molecule has 13 heavy (non-hydrogen) atoms. The monoisotopic (exact) mass is 202 g/mol. The average molecular weight is 202 g/mol. The molecule has 0 saturated carbocycles. The largest absolute Gasteiger partial charge is 0.393 e. The van der Waals surface area contributed by atoms with Crippen LogP contribution >= 0.6 is 12.2 Å². The molecule has 1 aliphatic rings. The van der Waals surface area contributed by atoms with Crippen molar-refractivity contribution < 1.29 is 4.74 Å². The van der Waals surface area contributed by atoms with Crippen LogP contribution in [0.4, 0.5) is 0 Å². The van der Waals surface area contributed by atoms with Crippen LogP contribution in [0.25, 0.3) is 0 Å². The molecular formula is C9H18N2OS. The van der Waals surface area contributed by atoms with Crippen LogP contribution in [0, 0.1) is 5.92 Å². The number of nitrogens with zero attached hydrogens (tertiary/aromatic N) is 1. The van der Waals surface area contributed by atoms with Gasteiger partial charge in [-0.25, -0.2) is 0 Å². The molecule has 1 saturated heterocycles. The van der Waals surface area contributed by atoms with Crippen LogP contribution in [0.3, 0.4) is 0 Å². The minimum Gasteiger partial charge on any atom is -0.393 e. The van der Waals surface area contributed by atoms with E-state index in [0.717, 1.165) is 39.3 Å². The Morgan fingerprint density at radius 1 is 1.54 bits per heavy atom. The molecule has 2 N–H and O–H groups in total. The van der Waals surface area contributed by atoms with Crippen LogP contribution in [0.5, 0.6) is 0 Å². The Hall–Kier alpha value is -0.190. The molecule has 76 valence electrons. The lowest BCUT2D eigenvalue weighted by Crippen LogP contribution is -2.35. The van der Waals surface area contributed by atoms with Crippen LogP contribution < -0.4 is 5.73 Å². The summed E-state index contributed by atoms with van der Waals surface area (Å²) in [6.45, 7) is 6.88. The van der Waals surface area contributed by atoms with Gasteiger partial charge in [-0.1, -0.05) is 19.1 Å². The number of rotatable bonds is 3. The zero-order valence-corrected chi connectivity index (χ0v) is 8.98. The third-order valence-electron chi connectivity index (χ3n) is 2.33. The van der Waals surface area contributed by atoms with E-state index in [4.69, 9.17) is 22.7 Å². The van der Waals surface area contributed by atoms with Crippen LogP contribution in [-0.4, -0.2) is 42.7 Å². The average Bonchev–Trinajstić information content (AvgIpc) is 2.32. The minimum atomic E-state index is 0.313. The Labute approximate surface area is 85.2 Å². The van der Waals surface area contributed by atoms with E-state index in [2.05, 4.69) is 11.8 Å². The van der Waals surface area contributed by atoms with Crippen molar-refractivity contribution in [3.8, 4) is 0 Å². The van der Waals surface area contributed by atoms with Crippen LogP contribution in [0.1, 0.15) is 13.3 Å². The predicted molar refractivity (Wildman–Crippen MR) is 57.8 cm³/mol. The van der Waals surface area contributed by atoms with E-state index >= 15 is 0 Å². The molecular weight excluding hydrogens is 184 g/mol. The Morgan fingerprint density at radius 3 is 3.00 bits per heavy atom. The van der Waals surface area contributed by atoms with Crippen molar-refractivity contribution in [2.75, 3.05) is 32.8 Å². The molecule has 0 aromatic carbocycles. The highest BCUT2D eigenvalue weighted by Crippen LogP contribution is 2.04. The summed E-state index contributed by atoms with van der Waals surface area (Å²) in [5.41, 5.74) is 5.57. The van der Waals surface area contributed by atoms with Crippen molar-refractivity contribution in [3.05, 3.63) is 0 Å². The smallest absolute Gasteiger partial charge is 0.0768 e. The maximum atomic E-state index is 5.57. The first kappa shape index (κ1) is 10.9. The van der Waals surface area contributed by atoms with E-state index in [9.17, 15) is 0 Å². The summed E-state index contributed by atoms with van der Waals surface area (Å²) in [7, 11) is 0. The van der Waals surface area contributed by atoms with E-state index in [1.165, 1.54) is 0 Å². The number of hydrogen-bond acceptors (Lipinski definition) is 3. The highest BCUT2D eigenvalue weighted by molar-refractivity contribution is 7.80. The lowest BCUT2D eigenvalue weighted by Gasteiger charge is -2.22. The zero-order chi connectivity index (χ0) is 9.68. The second-order valence-corrected chi connectivity index (χ2v) is 4.04. The first-order valence-corrected chi connectivity index (χ1v) is 5.20. The molecule has 1 rings (SSSR count).